The highest BCUT2D eigenvalue weighted by Gasteiger charge is 2.41. The Morgan fingerprint density at radius 2 is 1.92 bits per heavy atom. The first-order valence-electron chi connectivity index (χ1n) is 12.3. The van der Waals surface area contributed by atoms with Crippen LogP contribution in [-0.4, -0.2) is 64.4 Å². The monoisotopic (exact) mass is 583 g/mol. The summed E-state index contributed by atoms with van der Waals surface area (Å²) in [5.41, 5.74) is 0.0105. The predicted octanol–water partition coefficient (Wildman–Crippen LogP) is 6.38. The lowest BCUT2D eigenvalue weighted by Crippen LogP contribution is -2.42. The Bertz CT molecular complexity index is 1120. The van der Waals surface area contributed by atoms with E-state index in [1.165, 1.54) is 30.8 Å². The van der Waals surface area contributed by atoms with Crippen LogP contribution in [0.5, 0.6) is 0 Å². The molecule has 210 valence electrons. The van der Waals surface area contributed by atoms with E-state index >= 15 is 0 Å². The summed E-state index contributed by atoms with van der Waals surface area (Å²) >= 11 is 2.32. The van der Waals surface area contributed by atoms with Gasteiger partial charge in [0.2, 0.25) is 0 Å². The molecule has 2 unspecified atom stereocenters. The van der Waals surface area contributed by atoms with Gasteiger partial charge in [0.25, 0.3) is 5.69 Å². The fraction of sp³-hybridized carbons (Fsp3) is 0.560. The van der Waals surface area contributed by atoms with E-state index < -0.39 is 32.1 Å². The van der Waals surface area contributed by atoms with Crippen LogP contribution in [0.2, 0.25) is 13.1 Å². The van der Waals surface area contributed by atoms with Gasteiger partial charge in [-0.05, 0) is 50.3 Å². The standard InChI is InChI=1S/C25H37N3O7S2Si/c1-15-19(22(29)30)20(27(24(31)32)23(26-15)36-5)16-11-10-12-17(28(33)34)21(16)37-14-9-8-13-18(25(2,3)4)35-38(6)7/h10-12,18,20,38H,8-9,13-14H2,1-7H3,(H,29,30)(H,31,32). The molecule has 1 heterocycles. The lowest BCUT2D eigenvalue weighted by molar-refractivity contribution is -0.387. The van der Waals surface area contributed by atoms with E-state index in [-0.39, 0.29) is 44.1 Å². The number of nitro benzene ring substituents is 1. The molecule has 2 atom stereocenters. The van der Waals surface area contributed by atoms with Gasteiger partial charge in [-0.1, -0.05) is 51.1 Å². The highest BCUT2D eigenvalue weighted by atomic mass is 32.2. The number of carboxylic acids is 1. The minimum Gasteiger partial charge on any atom is -0.478 e. The number of aliphatic imine (C=N–C) groups is 1. The molecule has 1 aromatic carbocycles. The molecule has 0 aliphatic carbocycles. The highest BCUT2D eigenvalue weighted by molar-refractivity contribution is 8.13. The molecule has 1 aromatic rings. The minimum absolute atomic E-state index is 0.00501. The van der Waals surface area contributed by atoms with Gasteiger partial charge in [-0.25, -0.2) is 19.5 Å². The average molecular weight is 584 g/mol. The molecule has 0 saturated carbocycles. The molecule has 0 aromatic heterocycles. The van der Waals surface area contributed by atoms with Gasteiger partial charge >= 0.3 is 12.1 Å². The number of hydrogen-bond donors (Lipinski definition) is 2. The quantitative estimate of drug-likeness (QED) is 0.0996. The lowest BCUT2D eigenvalue weighted by Gasteiger charge is -2.34. The van der Waals surface area contributed by atoms with Crippen LogP contribution in [0, 0.1) is 15.5 Å². The first-order chi connectivity index (χ1) is 17.7. The van der Waals surface area contributed by atoms with Crippen molar-refractivity contribution in [2.45, 2.75) is 77.1 Å². The van der Waals surface area contributed by atoms with Gasteiger partial charge in [0.15, 0.2) is 14.2 Å². The molecule has 0 bridgehead atoms. The maximum Gasteiger partial charge on any atom is 0.414 e. The normalized spacial score (nSPS) is 17.0. The van der Waals surface area contributed by atoms with Crippen LogP contribution in [0.4, 0.5) is 10.5 Å². The molecule has 1 aliphatic heterocycles. The zero-order valence-electron chi connectivity index (χ0n) is 22.9. The van der Waals surface area contributed by atoms with Gasteiger partial charge in [0, 0.05) is 17.7 Å². The molecule has 10 nitrogen and oxygen atoms in total. The molecule has 2 rings (SSSR count). The summed E-state index contributed by atoms with van der Waals surface area (Å²) in [6, 6.07) is 3.10. The van der Waals surface area contributed by atoms with E-state index in [0.29, 0.717) is 5.75 Å². The van der Waals surface area contributed by atoms with Crippen molar-refractivity contribution >= 4 is 55.5 Å². The van der Waals surface area contributed by atoms with Crippen LogP contribution in [0.1, 0.15) is 58.6 Å². The fourth-order valence-corrected chi connectivity index (χ4v) is 7.29. The van der Waals surface area contributed by atoms with Crippen LogP contribution in [-0.2, 0) is 9.22 Å². The second kappa shape index (κ2) is 13.6. The Hall–Kier alpha value is -2.35. The molecular weight excluding hydrogens is 547 g/mol. The largest absolute Gasteiger partial charge is 0.478 e. The Kier molecular flexibility index (Phi) is 11.4. The Labute approximate surface area is 233 Å². The number of unbranched alkanes of at least 4 members (excludes halogenated alkanes) is 1. The van der Waals surface area contributed by atoms with Crippen LogP contribution >= 0.6 is 23.5 Å². The minimum atomic E-state index is -1.39. The van der Waals surface area contributed by atoms with E-state index in [2.05, 4.69) is 38.9 Å². The Balaban J connectivity index is 2.41. The lowest BCUT2D eigenvalue weighted by atomic mass is 9.86. The van der Waals surface area contributed by atoms with E-state index in [1.807, 2.05) is 0 Å². The summed E-state index contributed by atoms with van der Waals surface area (Å²) in [5.74, 6) is -0.783. The molecule has 0 radical (unpaired) electrons. The third-order valence-electron chi connectivity index (χ3n) is 6.04. The van der Waals surface area contributed by atoms with E-state index in [9.17, 15) is 29.9 Å². The highest BCUT2D eigenvalue weighted by Crippen LogP contribution is 2.44. The zero-order chi connectivity index (χ0) is 28.8. The summed E-state index contributed by atoms with van der Waals surface area (Å²) in [7, 11) is -1.22. The summed E-state index contributed by atoms with van der Waals surface area (Å²) in [6.07, 6.45) is 2.87. The molecule has 0 saturated heterocycles. The number of hydrogen-bond acceptors (Lipinski definition) is 8. The molecule has 1 amide bonds. The van der Waals surface area contributed by atoms with Crippen molar-refractivity contribution in [1.29, 1.82) is 0 Å². The van der Waals surface area contributed by atoms with Crippen molar-refractivity contribution in [1.82, 2.24) is 4.90 Å². The SMILES string of the molecule is CSC1=NC(C)=C(C(=O)O)C(c2cccc([N+](=O)[O-])c2SCCCCC(O[SiH](C)C)C(C)(C)C)N1C(=O)O. The maximum absolute atomic E-state index is 12.3. The first-order valence-corrected chi connectivity index (χ1v) is 17.3. The molecule has 1 aliphatic rings. The van der Waals surface area contributed by atoms with E-state index in [0.717, 1.165) is 35.9 Å². The van der Waals surface area contributed by atoms with Gasteiger partial charge in [-0.15, -0.1) is 11.8 Å². The third kappa shape index (κ3) is 7.84. The first kappa shape index (κ1) is 31.9. The predicted molar refractivity (Wildman–Crippen MR) is 155 cm³/mol. The number of nitrogens with zero attached hydrogens (tertiary/aromatic N) is 3. The summed E-state index contributed by atoms with van der Waals surface area (Å²) < 4.78 is 6.24. The maximum atomic E-state index is 12.3. The topological polar surface area (TPSA) is 143 Å². The van der Waals surface area contributed by atoms with Crippen molar-refractivity contribution in [3.63, 3.8) is 0 Å². The molecule has 38 heavy (non-hydrogen) atoms. The molecule has 0 spiro atoms. The summed E-state index contributed by atoms with van der Waals surface area (Å²) in [4.78, 5) is 41.3. The Morgan fingerprint density at radius 1 is 1.26 bits per heavy atom. The summed E-state index contributed by atoms with van der Waals surface area (Å²) in [5, 5.41) is 32.1. The van der Waals surface area contributed by atoms with Gasteiger partial charge < -0.3 is 14.6 Å². The second-order valence-corrected chi connectivity index (χ2v) is 14.5. The smallest absolute Gasteiger partial charge is 0.414 e. The second-order valence-electron chi connectivity index (χ2n) is 10.3. The fourth-order valence-electron chi connectivity index (χ4n) is 4.30. The number of rotatable bonds is 11. The van der Waals surface area contributed by atoms with Crippen molar-refractivity contribution in [2.75, 3.05) is 12.0 Å². The van der Waals surface area contributed by atoms with Gasteiger partial charge in [-0.3, -0.25) is 10.1 Å². The van der Waals surface area contributed by atoms with Crippen molar-refractivity contribution in [3.8, 4) is 0 Å². The zero-order valence-corrected chi connectivity index (χ0v) is 25.7. The van der Waals surface area contributed by atoms with Crippen molar-refractivity contribution in [2.24, 2.45) is 10.4 Å². The summed E-state index contributed by atoms with van der Waals surface area (Å²) in [6.45, 7) is 12.3. The van der Waals surface area contributed by atoms with Crippen molar-refractivity contribution < 1.29 is 29.2 Å². The number of carboxylic acid groups (broad SMARTS) is 2. The molecular formula is C25H37N3O7S2Si. The van der Waals surface area contributed by atoms with Gasteiger partial charge in [-0.2, -0.15) is 0 Å². The molecule has 0 fully saturated rings. The van der Waals surface area contributed by atoms with Gasteiger partial charge in [0.1, 0.15) is 6.04 Å². The average Bonchev–Trinajstić information content (AvgIpc) is 2.80. The number of aliphatic carboxylic acids is 1. The number of thioether (sulfide) groups is 2. The molecule has 13 heteroatoms. The van der Waals surface area contributed by atoms with Gasteiger partial charge in [0.05, 0.1) is 21.1 Å². The van der Waals surface area contributed by atoms with E-state index in [4.69, 9.17) is 4.43 Å². The Morgan fingerprint density at radius 3 is 2.42 bits per heavy atom. The number of carbonyl (C=O) groups is 2. The number of benzene rings is 1. The number of allylic oxidation sites excluding steroid dienone is 1. The van der Waals surface area contributed by atoms with Crippen molar-refractivity contribution in [3.05, 3.63) is 45.1 Å². The third-order valence-corrected chi connectivity index (χ3v) is 8.79. The van der Waals surface area contributed by atoms with Crippen LogP contribution in [0.25, 0.3) is 0 Å². The van der Waals surface area contributed by atoms with Crippen LogP contribution < -0.4 is 0 Å². The van der Waals surface area contributed by atoms with E-state index in [1.54, 1.807) is 12.3 Å². The number of nitro groups is 1. The molecule has 2 N–H and O–H groups in total. The van der Waals surface area contributed by atoms with Crippen LogP contribution in [0.3, 0.4) is 0 Å². The number of amides is 1. The number of amidine groups is 1. The van der Waals surface area contributed by atoms with Crippen LogP contribution in [0.15, 0.2) is 39.4 Å².